The normalized spacial score (nSPS) is 14.9. The van der Waals surface area contributed by atoms with Crippen LogP contribution >= 0.6 is 22.9 Å². The Hall–Kier alpha value is -4.01. The van der Waals surface area contributed by atoms with Gasteiger partial charge in [0.05, 0.1) is 10.5 Å². The Morgan fingerprint density at radius 3 is 2.43 bits per heavy atom. The van der Waals surface area contributed by atoms with Gasteiger partial charge in [-0.25, -0.2) is 4.99 Å². The lowest BCUT2D eigenvalue weighted by molar-refractivity contribution is -0.384. The SMILES string of the molecule is CC(C)(C)[C@H]1CCc2c(sc(N=Cc3ccc(OCc4ccc([N+](=O)[O-])cc4)cc3)c2C(=O)Nc2ccc(Cl)cc2)C1. The maximum atomic E-state index is 13.6. The molecule has 1 aromatic heterocycles. The van der Waals surface area contributed by atoms with Crippen molar-refractivity contribution in [3.63, 3.8) is 0 Å². The Bertz CT molecular complexity index is 1610. The standard InChI is InChI=1S/C33H32ClN3O4S/c1-33(2,3)23-8-17-28-29(18-23)42-32(30(28)31(38)36-25-11-9-24(34)10-12-25)35-19-21-6-15-27(16-7-21)41-20-22-4-13-26(14-5-22)37(39)40/h4-7,9-16,19,23H,8,17-18,20H2,1-3H3,(H,36,38)/t23-/m0/s1. The molecule has 0 fully saturated rings. The lowest BCUT2D eigenvalue weighted by Gasteiger charge is -2.33. The molecule has 42 heavy (non-hydrogen) atoms. The Balaban J connectivity index is 1.33. The van der Waals surface area contributed by atoms with Crippen molar-refractivity contribution in [3.05, 3.63) is 115 Å². The molecule has 0 bridgehead atoms. The van der Waals surface area contributed by atoms with Gasteiger partial charge >= 0.3 is 0 Å². The molecule has 1 heterocycles. The molecule has 0 saturated heterocycles. The highest BCUT2D eigenvalue weighted by Gasteiger charge is 2.33. The van der Waals surface area contributed by atoms with E-state index in [4.69, 9.17) is 21.3 Å². The van der Waals surface area contributed by atoms with Gasteiger partial charge in [0.2, 0.25) is 0 Å². The van der Waals surface area contributed by atoms with E-state index in [1.165, 1.54) is 17.0 Å². The number of carbonyl (C=O) groups is 1. The van der Waals surface area contributed by atoms with Gasteiger partial charge in [-0.2, -0.15) is 0 Å². The Morgan fingerprint density at radius 1 is 1.10 bits per heavy atom. The number of fused-ring (bicyclic) bond motifs is 1. The number of hydrogen-bond donors (Lipinski definition) is 1. The summed E-state index contributed by atoms with van der Waals surface area (Å²) >= 11 is 7.64. The van der Waals surface area contributed by atoms with Gasteiger partial charge in [-0.1, -0.05) is 32.4 Å². The number of hydrogen-bond acceptors (Lipinski definition) is 6. The van der Waals surface area contributed by atoms with E-state index < -0.39 is 4.92 Å². The van der Waals surface area contributed by atoms with E-state index in [2.05, 4.69) is 26.1 Å². The maximum Gasteiger partial charge on any atom is 0.269 e. The van der Waals surface area contributed by atoms with Crippen LogP contribution in [0, 0.1) is 21.4 Å². The zero-order valence-corrected chi connectivity index (χ0v) is 25.3. The molecule has 1 N–H and O–H groups in total. The third-order valence-electron chi connectivity index (χ3n) is 7.56. The van der Waals surface area contributed by atoms with Gasteiger partial charge in [0.25, 0.3) is 11.6 Å². The topological polar surface area (TPSA) is 93.8 Å². The number of aliphatic imine (C=N–C) groups is 1. The minimum Gasteiger partial charge on any atom is -0.489 e. The first-order valence-corrected chi connectivity index (χ1v) is 15.0. The van der Waals surface area contributed by atoms with Crippen LogP contribution in [0.4, 0.5) is 16.4 Å². The summed E-state index contributed by atoms with van der Waals surface area (Å²) < 4.78 is 5.84. The van der Waals surface area contributed by atoms with Crippen molar-refractivity contribution in [1.29, 1.82) is 0 Å². The van der Waals surface area contributed by atoms with E-state index in [1.54, 1.807) is 53.9 Å². The van der Waals surface area contributed by atoms with E-state index in [0.717, 1.165) is 36.0 Å². The summed E-state index contributed by atoms with van der Waals surface area (Å²) in [4.78, 5) is 30.0. The summed E-state index contributed by atoms with van der Waals surface area (Å²) in [6.45, 7) is 7.14. The van der Waals surface area contributed by atoms with Crippen LogP contribution in [0.15, 0.2) is 77.8 Å². The maximum absolute atomic E-state index is 13.6. The predicted molar refractivity (Wildman–Crippen MR) is 170 cm³/mol. The molecule has 1 amide bonds. The molecular formula is C33H32ClN3O4S. The first kappa shape index (κ1) is 29.5. The quantitative estimate of drug-likeness (QED) is 0.124. The van der Waals surface area contributed by atoms with E-state index in [1.807, 2.05) is 24.3 Å². The summed E-state index contributed by atoms with van der Waals surface area (Å²) in [6, 6.07) is 20.9. The van der Waals surface area contributed by atoms with Crippen LogP contribution in [0.25, 0.3) is 0 Å². The average Bonchev–Trinajstić information content (AvgIpc) is 3.34. The van der Waals surface area contributed by atoms with Crippen molar-refractivity contribution in [2.24, 2.45) is 16.3 Å². The van der Waals surface area contributed by atoms with Crippen LogP contribution < -0.4 is 10.1 Å². The number of rotatable bonds is 8. The lowest BCUT2D eigenvalue weighted by atomic mass is 9.72. The summed E-state index contributed by atoms with van der Waals surface area (Å²) in [7, 11) is 0. The van der Waals surface area contributed by atoms with E-state index in [-0.39, 0.29) is 17.0 Å². The second-order valence-corrected chi connectivity index (χ2v) is 13.0. The molecule has 7 nitrogen and oxygen atoms in total. The first-order valence-electron chi connectivity index (χ1n) is 13.8. The Labute approximate surface area is 254 Å². The van der Waals surface area contributed by atoms with Gasteiger partial charge in [0.15, 0.2) is 0 Å². The molecule has 4 aromatic rings. The molecule has 1 atom stereocenters. The second kappa shape index (κ2) is 12.5. The predicted octanol–water partition coefficient (Wildman–Crippen LogP) is 9.04. The number of nitrogens with zero attached hydrogens (tertiary/aromatic N) is 2. The summed E-state index contributed by atoms with van der Waals surface area (Å²) in [5, 5.41) is 15.2. The van der Waals surface area contributed by atoms with Crippen LogP contribution in [0.5, 0.6) is 5.75 Å². The lowest BCUT2D eigenvalue weighted by Crippen LogP contribution is -2.27. The zero-order valence-electron chi connectivity index (χ0n) is 23.7. The highest BCUT2D eigenvalue weighted by Crippen LogP contribution is 2.45. The Morgan fingerprint density at radius 2 is 1.79 bits per heavy atom. The van der Waals surface area contributed by atoms with Gasteiger partial charge in [-0.3, -0.25) is 14.9 Å². The number of thiophene rings is 1. The average molecular weight is 602 g/mol. The van der Waals surface area contributed by atoms with Crippen LogP contribution in [0.3, 0.4) is 0 Å². The minimum absolute atomic E-state index is 0.0496. The molecule has 3 aromatic carbocycles. The molecule has 5 rings (SSSR count). The zero-order chi connectivity index (χ0) is 29.9. The van der Waals surface area contributed by atoms with Crippen molar-refractivity contribution in [2.45, 2.75) is 46.6 Å². The van der Waals surface area contributed by atoms with Crippen molar-refractivity contribution in [2.75, 3.05) is 5.32 Å². The fourth-order valence-electron chi connectivity index (χ4n) is 5.03. The van der Waals surface area contributed by atoms with Gasteiger partial charge < -0.3 is 10.1 Å². The molecule has 216 valence electrons. The van der Waals surface area contributed by atoms with Crippen LogP contribution in [0.2, 0.25) is 5.02 Å². The molecular weight excluding hydrogens is 570 g/mol. The fourth-order valence-corrected chi connectivity index (χ4v) is 6.42. The highest BCUT2D eigenvalue weighted by atomic mass is 35.5. The number of amides is 1. The number of anilines is 1. The molecule has 0 unspecified atom stereocenters. The van der Waals surface area contributed by atoms with Crippen LogP contribution in [-0.4, -0.2) is 17.0 Å². The van der Waals surface area contributed by atoms with E-state index in [9.17, 15) is 14.9 Å². The van der Waals surface area contributed by atoms with Crippen molar-refractivity contribution >= 4 is 51.4 Å². The number of nitro benzene ring substituents is 1. The number of ether oxygens (including phenoxy) is 1. The third-order valence-corrected chi connectivity index (χ3v) is 8.98. The van der Waals surface area contributed by atoms with Crippen LogP contribution in [-0.2, 0) is 19.4 Å². The number of nitro groups is 1. The van der Waals surface area contributed by atoms with Crippen LogP contribution in [0.1, 0.15) is 59.1 Å². The third kappa shape index (κ3) is 7.06. The summed E-state index contributed by atoms with van der Waals surface area (Å²) in [6.07, 6.45) is 4.62. The molecule has 1 aliphatic rings. The summed E-state index contributed by atoms with van der Waals surface area (Å²) in [5.74, 6) is 1.06. The number of nitrogens with one attached hydrogen (secondary N) is 1. The highest BCUT2D eigenvalue weighted by molar-refractivity contribution is 7.16. The molecule has 0 saturated carbocycles. The number of carbonyl (C=O) groups excluding carboxylic acids is 1. The van der Waals surface area contributed by atoms with Crippen molar-refractivity contribution in [3.8, 4) is 5.75 Å². The van der Waals surface area contributed by atoms with Crippen molar-refractivity contribution < 1.29 is 14.5 Å². The number of benzene rings is 3. The van der Waals surface area contributed by atoms with Gasteiger partial charge in [0, 0.05) is 33.9 Å². The molecule has 9 heteroatoms. The number of halogens is 1. The summed E-state index contributed by atoms with van der Waals surface area (Å²) in [5.41, 5.74) is 4.40. The smallest absolute Gasteiger partial charge is 0.269 e. The van der Waals surface area contributed by atoms with E-state index >= 15 is 0 Å². The van der Waals surface area contributed by atoms with Gasteiger partial charge in [0.1, 0.15) is 17.4 Å². The van der Waals surface area contributed by atoms with Gasteiger partial charge in [-0.15, -0.1) is 11.3 Å². The minimum atomic E-state index is -0.423. The van der Waals surface area contributed by atoms with Crippen molar-refractivity contribution in [1.82, 2.24) is 0 Å². The molecule has 1 aliphatic carbocycles. The molecule has 0 radical (unpaired) electrons. The monoisotopic (exact) mass is 601 g/mol. The molecule has 0 spiro atoms. The molecule has 0 aliphatic heterocycles. The van der Waals surface area contributed by atoms with Gasteiger partial charge in [-0.05, 0) is 108 Å². The Kier molecular flexibility index (Phi) is 8.75. The fraction of sp³-hybridized carbons (Fsp3) is 0.273. The van der Waals surface area contributed by atoms with E-state index in [0.29, 0.717) is 39.5 Å². The largest absolute Gasteiger partial charge is 0.489 e. The first-order chi connectivity index (χ1) is 20.1. The second-order valence-electron chi connectivity index (χ2n) is 11.5. The number of non-ortho nitro benzene ring substituents is 1.